The van der Waals surface area contributed by atoms with E-state index in [4.69, 9.17) is 21.1 Å². The first-order chi connectivity index (χ1) is 63.9. The molecule has 6 saturated carbocycles. The highest BCUT2D eigenvalue weighted by atomic mass is 35.5. The summed E-state index contributed by atoms with van der Waals surface area (Å²) in [5.74, 6) is 11.1. The highest BCUT2D eigenvalue weighted by molar-refractivity contribution is 6.33. The zero-order chi connectivity index (χ0) is 94.3. The number of hydrogen-bond donors (Lipinski definition) is 6. The Morgan fingerprint density at radius 2 is 0.844 bits per heavy atom. The second-order valence-corrected chi connectivity index (χ2v) is 42.5. The van der Waals surface area contributed by atoms with Crippen LogP contribution in [0.25, 0.3) is 22.1 Å². The third kappa shape index (κ3) is 31.1. The van der Waals surface area contributed by atoms with Gasteiger partial charge in [-0.1, -0.05) is 161 Å². The number of anilines is 1. The Bertz CT molecular complexity index is 4940. The molecular formula is C109H162ClN17O8. The normalized spacial score (nSPS) is 26.7. The molecule has 5 unspecified atom stereocenters. The zero-order valence-electron chi connectivity index (χ0n) is 81.7. The van der Waals surface area contributed by atoms with Crippen LogP contribution in [-0.4, -0.2) is 231 Å². The van der Waals surface area contributed by atoms with Gasteiger partial charge in [0.15, 0.2) is 0 Å². The lowest BCUT2D eigenvalue weighted by Gasteiger charge is -2.35. The number of hydrogen-bond acceptors (Lipinski definition) is 18. The summed E-state index contributed by atoms with van der Waals surface area (Å²) in [6.07, 6.45) is 27.9. The molecule has 8 aromatic rings. The highest BCUT2D eigenvalue weighted by Crippen LogP contribution is 2.46. The molecule has 12 fully saturated rings. The number of likely N-dealkylation sites (tertiary alicyclic amines) is 3. The van der Waals surface area contributed by atoms with Gasteiger partial charge in [-0.15, -0.1) is 0 Å². The van der Waals surface area contributed by atoms with Crippen LogP contribution in [0.2, 0.25) is 5.15 Å². The highest BCUT2D eigenvalue weighted by Gasteiger charge is 2.46. The molecule has 6 N–H and O–H groups in total. The zero-order valence-corrected chi connectivity index (χ0v) is 82.5. The number of Topliss-reactive ketones (excluding diaryl/α,β-unsaturated/α-hetero) is 1. The lowest BCUT2D eigenvalue weighted by Crippen LogP contribution is -2.44. The van der Waals surface area contributed by atoms with Crippen LogP contribution in [0, 0.1) is 76.9 Å². The van der Waals surface area contributed by atoms with Crippen LogP contribution in [0.5, 0.6) is 0 Å². The number of nitrogens with zero attached hydrogens (tertiary/aromatic N) is 11. The van der Waals surface area contributed by atoms with Gasteiger partial charge in [-0.3, -0.25) is 33.9 Å². The SMILES string of the molecule is C.C.CC(=O)N1CC[C@H]2CC(N(C)c3ncnc4[nH]ccc34)C[C@H]2C1.CCC1C[C@H]2CCN(C(=O)OC(C)(C)C)C[C@H]2C1.CN(Cc1ccccc1)C1C[C@H]2CC(=O)NC[C@H]2C1.CN(Cc1ccccc1)C1C[C@H]2CCN(C(=O)OC(C)(C)C)C[C@H]2C1.CN(Cc1ccccc1)C1C[C@H]2CCNC[C@H]2C1.CNCc1ccccc1.Clc1ncnc2[nH]ccc12.O=C1C[C@@H]2CNC(=O)C[C@@H]2C1. The van der Waals surface area contributed by atoms with Gasteiger partial charge in [-0.2, -0.15) is 0 Å². The lowest BCUT2D eigenvalue weighted by molar-refractivity contribution is -0.131. The summed E-state index contributed by atoms with van der Waals surface area (Å²) < 4.78 is 11.0. The van der Waals surface area contributed by atoms with Crippen LogP contribution in [0.1, 0.15) is 214 Å². The number of carbonyl (C=O) groups excluding carboxylic acids is 6. The van der Waals surface area contributed by atoms with E-state index in [0.717, 1.165) is 180 Å². The van der Waals surface area contributed by atoms with E-state index in [0.29, 0.717) is 83.8 Å². The van der Waals surface area contributed by atoms with Gasteiger partial charge in [-0.25, -0.2) is 29.5 Å². The minimum absolute atomic E-state index is 0. The van der Waals surface area contributed by atoms with Crippen LogP contribution in [0.3, 0.4) is 0 Å². The first-order valence-corrected chi connectivity index (χ1v) is 50.2. The number of ether oxygens (including phenoxy) is 2. The maximum absolute atomic E-state index is 12.4. The summed E-state index contributed by atoms with van der Waals surface area (Å²) >= 11 is 5.73. The fourth-order valence-electron chi connectivity index (χ4n) is 23.1. The number of fused-ring (bicyclic) bond motifs is 8. The van der Waals surface area contributed by atoms with Crippen LogP contribution in [0.4, 0.5) is 15.4 Å². The first-order valence-electron chi connectivity index (χ1n) is 49.8. The Morgan fingerprint density at radius 1 is 0.452 bits per heavy atom. The molecule has 12 aliphatic rings. The average Bonchev–Trinajstić information content (AvgIpc) is 1.64. The Hall–Kier alpha value is -9.37. The quantitative estimate of drug-likeness (QED) is 0.0552. The van der Waals surface area contributed by atoms with Crippen LogP contribution >= 0.6 is 11.6 Å². The molecule has 17 atom stereocenters. The van der Waals surface area contributed by atoms with Crippen molar-refractivity contribution in [1.82, 2.24) is 80.6 Å². The molecule has 135 heavy (non-hydrogen) atoms. The molecular weight excluding hydrogens is 1710 g/mol. The van der Waals surface area contributed by atoms with Gasteiger partial charge in [0, 0.05) is 155 Å². The summed E-state index contributed by atoms with van der Waals surface area (Å²) in [5.41, 5.74) is 6.38. The fraction of sp³-hybridized carbons (Fsp3) is 0.615. The number of ketones is 1. The Labute approximate surface area is 811 Å². The summed E-state index contributed by atoms with van der Waals surface area (Å²) in [7, 11) is 10.8. The minimum Gasteiger partial charge on any atom is -0.444 e. The largest absolute Gasteiger partial charge is 0.444 e. The van der Waals surface area contributed by atoms with E-state index in [2.05, 4.69) is 209 Å². The van der Waals surface area contributed by atoms with Gasteiger partial charge in [0.25, 0.3) is 0 Å². The molecule has 0 spiro atoms. The summed E-state index contributed by atoms with van der Waals surface area (Å²) in [5, 5.41) is 14.9. The van der Waals surface area contributed by atoms with E-state index in [1.807, 2.05) is 99.8 Å². The van der Waals surface area contributed by atoms with Crippen LogP contribution < -0.4 is 26.2 Å². The topological polar surface area (TPSA) is 275 Å². The summed E-state index contributed by atoms with van der Waals surface area (Å²) in [6.45, 7) is 29.0. The third-order valence-electron chi connectivity index (χ3n) is 30.4. The van der Waals surface area contributed by atoms with Gasteiger partial charge < -0.3 is 60.3 Å². The van der Waals surface area contributed by atoms with E-state index < -0.39 is 5.60 Å². The molecule has 25 nitrogen and oxygen atoms in total. The minimum atomic E-state index is -0.415. The standard InChI is InChI=1S/C21H32N2O2.C17H23N5O.C16H22N2O.C16H24N2.C15H27NO2.C8H11NO2.C8H11N.C6H4ClN3.2CH4/c1-21(2,3)25-20(24)23-11-10-17-12-19(13-18(17)15-23)22(4)14-16-8-6-5-7-9-16;1-11(23)22-6-4-12-7-14(8-13(12)9-22)21(2)17-15-3-5-18-16(15)19-10-20-17;1-18(11-12-5-3-2-4-6-12)15-7-13-9-16(19)17-10-14(13)8-15;1-18(12-13-5-3-2-4-6-13)16-9-14-7-8-17-11-15(14)10-16;1-5-11-8-12-6-7-16(10-13(12)9-11)14(17)18-15(2,3)4;10-7-1-5-3-8(11)9-4-6(5)2-7;1-9-7-8-5-3-2-4-6-8;7-5-4-1-2-8-6(4)10-3-9-5;;/h5-9,17-19H,10-15H2,1-4H3;3,5,10,12-14H,4,6-9H2,1-2H3,(H,18,19,20);2-6,13-15H,7-11H2,1H3,(H,17,19);2-6,14-17H,7-12H2,1H3;11-13H,5-10H2,1-4H3;5-6H,1-4H2,(H,9,11);2-6,9H,7H2,1H3;1-3H,(H,8,9,10);2*1H4/t17-,18-,19?;12-,13-,14?;13-,14+,15?;14-,15-,16?;11?,12-,13-;5-,6+;;;;/m100110..../s1. The Balaban J connectivity index is 0.000000151. The van der Waals surface area contributed by atoms with Crippen molar-refractivity contribution >= 4 is 75.2 Å². The second-order valence-electron chi connectivity index (χ2n) is 42.2. The number of rotatable bonds is 14. The van der Waals surface area contributed by atoms with Crippen molar-refractivity contribution in [3.05, 3.63) is 186 Å². The van der Waals surface area contributed by atoms with Crippen LogP contribution in [0.15, 0.2) is 159 Å². The molecule has 4 aromatic carbocycles. The molecule has 6 aliphatic carbocycles. The van der Waals surface area contributed by atoms with E-state index in [-0.39, 0.29) is 50.4 Å². The number of nitrogens with one attached hydrogen (secondary N) is 6. The number of benzene rings is 4. The Morgan fingerprint density at radius 3 is 1.33 bits per heavy atom. The Kier molecular flexibility index (Phi) is 39.9. The third-order valence-corrected chi connectivity index (χ3v) is 30.7. The maximum Gasteiger partial charge on any atom is 0.410 e. The molecule has 0 radical (unpaired) electrons. The van der Waals surface area contributed by atoms with Crippen molar-refractivity contribution in [3.8, 4) is 0 Å². The van der Waals surface area contributed by atoms with Crippen molar-refractivity contribution in [2.45, 2.75) is 254 Å². The number of carbonyl (C=O) groups is 6. The summed E-state index contributed by atoms with van der Waals surface area (Å²) in [4.78, 5) is 108. The molecule has 0 bridgehead atoms. The van der Waals surface area contributed by atoms with Crippen LogP contribution in [-0.2, 0) is 54.8 Å². The van der Waals surface area contributed by atoms with Crippen molar-refractivity contribution in [1.29, 1.82) is 0 Å². The number of H-pyrrole nitrogens is 2. The number of aromatic nitrogens is 6. The maximum atomic E-state index is 12.4. The van der Waals surface area contributed by atoms with E-state index in [1.54, 1.807) is 19.4 Å². The fourth-order valence-corrected chi connectivity index (χ4v) is 23.3. The first kappa shape index (κ1) is 106. The molecule has 10 heterocycles. The van der Waals surface area contributed by atoms with E-state index >= 15 is 0 Å². The van der Waals surface area contributed by atoms with Gasteiger partial charge in [0.2, 0.25) is 17.7 Å². The van der Waals surface area contributed by atoms with Gasteiger partial charge >= 0.3 is 12.2 Å². The lowest BCUT2D eigenvalue weighted by atomic mass is 9.89. The number of halogens is 1. The molecule has 5 amide bonds. The number of amides is 5. The smallest absolute Gasteiger partial charge is 0.410 e. The predicted molar refractivity (Wildman–Crippen MR) is 543 cm³/mol. The van der Waals surface area contributed by atoms with Crippen molar-refractivity contribution in [2.75, 3.05) is 106 Å². The van der Waals surface area contributed by atoms with E-state index in [1.165, 1.54) is 119 Å². The monoisotopic (exact) mass is 1870 g/mol. The molecule has 4 aromatic heterocycles. The van der Waals surface area contributed by atoms with Gasteiger partial charge in [-0.05, 0) is 284 Å². The number of aromatic amines is 2. The molecule has 6 saturated heterocycles. The predicted octanol–water partition coefficient (Wildman–Crippen LogP) is 18.8. The van der Waals surface area contributed by atoms with Gasteiger partial charge in [0.1, 0.15) is 51.9 Å². The van der Waals surface area contributed by atoms with E-state index in [9.17, 15) is 28.8 Å². The van der Waals surface area contributed by atoms with Crippen molar-refractivity contribution < 1.29 is 38.2 Å². The average molecular weight is 1870 g/mol. The van der Waals surface area contributed by atoms with Gasteiger partial charge in [0.05, 0.1) is 10.8 Å². The van der Waals surface area contributed by atoms with Crippen molar-refractivity contribution in [2.24, 2.45) is 76.9 Å². The molecule has 738 valence electrons. The molecule has 26 heteroatoms. The number of piperidine rings is 6. The molecule has 6 aliphatic heterocycles. The summed E-state index contributed by atoms with van der Waals surface area (Å²) in [6, 6.07) is 48.9. The van der Waals surface area contributed by atoms with Crippen molar-refractivity contribution in [3.63, 3.8) is 0 Å². The molecule has 20 rings (SSSR count). The second kappa shape index (κ2) is 50.8.